The molecule has 8 nitrogen and oxygen atoms in total. The number of sulfonamides is 1. The van der Waals surface area contributed by atoms with E-state index in [-0.39, 0.29) is 22.9 Å². The number of carboxylic acid groups (broad SMARTS) is 1. The molecule has 2 aliphatic heterocycles. The van der Waals surface area contributed by atoms with E-state index in [1.807, 2.05) is 0 Å². The van der Waals surface area contributed by atoms with Crippen LogP contribution in [0.15, 0.2) is 34.5 Å². The Morgan fingerprint density at radius 1 is 1.03 bits per heavy atom. The second-order valence-corrected chi connectivity index (χ2v) is 9.65. The summed E-state index contributed by atoms with van der Waals surface area (Å²) in [5.74, 6) is 0.0221. The molecule has 2 aliphatic rings. The number of hydrogen-bond acceptors (Lipinski definition) is 7. The molecule has 1 aromatic carbocycles. The van der Waals surface area contributed by atoms with Crippen LogP contribution in [0.5, 0.6) is 11.5 Å². The van der Waals surface area contributed by atoms with Crippen LogP contribution >= 0.6 is 11.3 Å². The van der Waals surface area contributed by atoms with Crippen LogP contribution < -0.4 is 9.47 Å². The van der Waals surface area contributed by atoms with Gasteiger partial charge in [-0.05, 0) is 35.9 Å². The average molecular weight is 437 g/mol. The highest BCUT2D eigenvalue weighted by atomic mass is 32.2. The molecule has 2 aromatic rings. The van der Waals surface area contributed by atoms with Gasteiger partial charge in [0.25, 0.3) is 10.0 Å². The molecule has 4 rings (SSSR count). The van der Waals surface area contributed by atoms with Gasteiger partial charge in [0, 0.05) is 18.0 Å². The first-order valence-electron chi connectivity index (χ1n) is 8.98. The van der Waals surface area contributed by atoms with E-state index in [1.165, 1.54) is 22.5 Å². The maximum Gasteiger partial charge on any atom is 0.337 e. The highest BCUT2D eigenvalue weighted by Crippen LogP contribution is 2.34. The molecule has 1 N–H and O–H groups in total. The minimum atomic E-state index is -3.67. The highest BCUT2D eigenvalue weighted by Gasteiger charge is 2.28. The minimum Gasteiger partial charge on any atom is -0.486 e. The number of fused-ring (bicyclic) bond motifs is 1. The van der Waals surface area contributed by atoms with Crippen molar-refractivity contribution in [2.24, 2.45) is 0 Å². The quantitative estimate of drug-likeness (QED) is 0.715. The SMILES string of the molecule is O=C(O)/C(=C/c1ccc2c(c1)OCCO2)c1ccc(S(=O)(=O)N2CCOCC2)s1. The van der Waals surface area contributed by atoms with Crippen LogP contribution in [-0.4, -0.2) is 63.3 Å². The van der Waals surface area contributed by atoms with Crippen LogP contribution in [0.3, 0.4) is 0 Å². The fourth-order valence-corrected chi connectivity index (χ4v) is 5.95. The molecule has 0 unspecified atom stereocenters. The number of nitrogens with zero attached hydrogens (tertiary/aromatic N) is 1. The first-order valence-corrected chi connectivity index (χ1v) is 11.2. The molecule has 3 heterocycles. The zero-order valence-corrected chi connectivity index (χ0v) is 17.0. The van der Waals surface area contributed by atoms with Crippen LogP contribution in [0.25, 0.3) is 11.6 Å². The van der Waals surface area contributed by atoms with Crippen molar-refractivity contribution in [3.63, 3.8) is 0 Å². The predicted molar refractivity (Wildman–Crippen MR) is 107 cm³/mol. The van der Waals surface area contributed by atoms with E-state index in [4.69, 9.17) is 14.2 Å². The van der Waals surface area contributed by atoms with Crippen molar-refractivity contribution in [2.75, 3.05) is 39.5 Å². The molecule has 29 heavy (non-hydrogen) atoms. The molecule has 0 saturated carbocycles. The zero-order chi connectivity index (χ0) is 20.4. The van der Waals surface area contributed by atoms with Crippen molar-refractivity contribution in [1.29, 1.82) is 0 Å². The highest BCUT2D eigenvalue weighted by molar-refractivity contribution is 7.91. The number of rotatable bonds is 5. The van der Waals surface area contributed by atoms with Gasteiger partial charge in [0.15, 0.2) is 11.5 Å². The van der Waals surface area contributed by atoms with Gasteiger partial charge in [0.05, 0.1) is 18.8 Å². The number of aliphatic carboxylic acids is 1. The van der Waals surface area contributed by atoms with Crippen molar-refractivity contribution in [3.05, 3.63) is 40.8 Å². The third kappa shape index (κ3) is 4.15. The van der Waals surface area contributed by atoms with E-state index in [9.17, 15) is 18.3 Å². The van der Waals surface area contributed by atoms with Crippen molar-refractivity contribution in [3.8, 4) is 11.5 Å². The van der Waals surface area contributed by atoms with Gasteiger partial charge in [-0.3, -0.25) is 0 Å². The molecule has 0 radical (unpaired) electrons. The van der Waals surface area contributed by atoms with Crippen LogP contribution in [0, 0.1) is 0 Å². The number of morpholine rings is 1. The van der Waals surface area contributed by atoms with Gasteiger partial charge in [-0.2, -0.15) is 4.31 Å². The number of carboxylic acids is 1. The topological polar surface area (TPSA) is 102 Å². The lowest BCUT2D eigenvalue weighted by molar-refractivity contribution is -0.130. The van der Waals surface area contributed by atoms with Crippen LogP contribution in [0.4, 0.5) is 0 Å². The lowest BCUT2D eigenvalue weighted by Gasteiger charge is -2.25. The van der Waals surface area contributed by atoms with Crippen molar-refractivity contribution < 1.29 is 32.5 Å². The monoisotopic (exact) mass is 437 g/mol. The molecule has 0 bridgehead atoms. The van der Waals surface area contributed by atoms with Gasteiger partial charge in [0.1, 0.15) is 17.4 Å². The van der Waals surface area contributed by atoms with E-state index >= 15 is 0 Å². The summed E-state index contributed by atoms with van der Waals surface area (Å²) in [6.07, 6.45) is 1.50. The van der Waals surface area contributed by atoms with E-state index in [1.54, 1.807) is 18.2 Å². The molecule has 154 valence electrons. The van der Waals surface area contributed by atoms with E-state index in [0.29, 0.717) is 48.4 Å². The largest absolute Gasteiger partial charge is 0.486 e. The molecule has 1 fully saturated rings. The Morgan fingerprint density at radius 2 is 1.76 bits per heavy atom. The number of thiophene rings is 1. The Kier molecular flexibility index (Phi) is 5.59. The summed E-state index contributed by atoms with van der Waals surface area (Å²) in [6.45, 7) is 2.17. The van der Waals surface area contributed by atoms with Gasteiger partial charge in [-0.1, -0.05) is 6.07 Å². The van der Waals surface area contributed by atoms with Gasteiger partial charge < -0.3 is 19.3 Å². The van der Waals surface area contributed by atoms with Gasteiger partial charge in [-0.15, -0.1) is 11.3 Å². The Hall–Kier alpha value is -2.40. The standard InChI is InChI=1S/C19H19NO7S2/c21-19(22)14(11-13-1-2-15-16(12-13)27-10-9-26-15)17-3-4-18(28-17)29(23,24)20-5-7-25-8-6-20/h1-4,11-12H,5-10H2,(H,21,22)/b14-11+. The number of benzene rings is 1. The van der Waals surface area contributed by atoms with Gasteiger partial charge >= 0.3 is 5.97 Å². The zero-order valence-electron chi connectivity index (χ0n) is 15.4. The van der Waals surface area contributed by atoms with Gasteiger partial charge in [-0.25, -0.2) is 13.2 Å². The Balaban J connectivity index is 1.65. The maximum atomic E-state index is 12.8. The molecule has 1 saturated heterocycles. The summed E-state index contributed by atoms with van der Waals surface area (Å²) >= 11 is 0.942. The normalized spacial score (nSPS) is 17.9. The smallest absolute Gasteiger partial charge is 0.337 e. The number of carbonyl (C=O) groups is 1. The molecular formula is C19H19NO7S2. The molecule has 10 heteroatoms. The third-order valence-corrected chi connectivity index (χ3v) is 8.00. The first-order chi connectivity index (χ1) is 13.9. The molecule has 1 aromatic heterocycles. The van der Waals surface area contributed by atoms with Crippen LogP contribution in [-0.2, 0) is 19.6 Å². The fraction of sp³-hybridized carbons (Fsp3) is 0.316. The summed E-state index contributed by atoms with van der Waals surface area (Å²) < 4.78 is 43.3. The minimum absolute atomic E-state index is 0.00936. The molecule has 0 atom stereocenters. The van der Waals surface area contributed by atoms with Crippen molar-refractivity contribution in [2.45, 2.75) is 4.21 Å². The number of hydrogen-bond donors (Lipinski definition) is 1. The molecule has 0 spiro atoms. The second-order valence-electron chi connectivity index (χ2n) is 6.40. The van der Waals surface area contributed by atoms with Crippen molar-refractivity contribution in [1.82, 2.24) is 4.31 Å². The molecule has 0 aliphatic carbocycles. The van der Waals surface area contributed by atoms with Gasteiger partial charge in [0.2, 0.25) is 0 Å². The number of ether oxygens (including phenoxy) is 3. The fourth-order valence-electron chi connectivity index (χ4n) is 3.07. The van der Waals surface area contributed by atoms with Crippen LogP contribution in [0.1, 0.15) is 10.4 Å². The summed E-state index contributed by atoms with van der Waals surface area (Å²) in [5, 5.41) is 9.69. The third-order valence-electron chi connectivity index (χ3n) is 4.52. The maximum absolute atomic E-state index is 12.8. The Labute approximate surface area is 172 Å². The summed E-state index contributed by atoms with van der Waals surface area (Å²) in [7, 11) is -3.67. The summed E-state index contributed by atoms with van der Waals surface area (Å²) in [5.41, 5.74) is 0.632. The Morgan fingerprint density at radius 3 is 2.48 bits per heavy atom. The van der Waals surface area contributed by atoms with E-state index in [0.717, 1.165) is 11.3 Å². The molecule has 0 amide bonds. The summed E-state index contributed by atoms with van der Waals surface area (Å²) in [4.78, 5) is 12.2. The lowest BCUT2D eigenvalue weighted by atomic mass is 10.1. The van der Waals surface area contributed by atoms with Crippen LogP contribution in [0.2, 0.25) is 0 Å². The Bertz CT molecular complexity index is 1050. The molecular weight excluding hydrogens is 418 g/mol. The first kappa shape index (κ1) is 19.9. The van der Waals surface area contributed by atoms with E-state index < -0.39 is 16.0 Å². The van der Waals surface area contributed by atoms with Crippen molar-refractivity contribution >= 4 is 39.0 Å². The second kappa shape index (κ2) is 8.15. The average Bonchev–Trinajstić information content (AvgIpc) is 3.23. The lowest BCUT2D eigenvalue weighted by Crippen LogP contribution is -2.40. The summed E-state index contributed by atoms with van der Waals surface area (Å²) in [6, 6.07) is 8.13. The predicted octanol–water partition coefficient (Wildman–Crippen LogP) is 2.17. The van der Waals surface area contributed by atoms with E-state index in [2.05, 4.69) is 0 Å².